The largest absolute Gasteiger partial charge is 0.497 e. The van der Waals surface area contributed by atoms with Crippen LogP contribution in [-0.2, 0) is 0 Å². The predicted molar refractivity (Wildman–Crippen MR) is 115 cm³/mol. The summed E-state index contributed by atoms with van der Waals surface area (Å²) in [6.07, 6.45) is 1.51. The molecule has 0 radical (unpaired) electrons. The van der Waals surface area contributed by atoms with Crippen LogP contribution in [0, 0.1) is 0 Å². The number of amides is 1. The lowest BCUT2D eigenvalue weighted by Gasteiger charge is -2.06. The molecule has 0 saturated heterocycles. The van der Waals surface area contributed by atoms with E-state index in [1.165, 1.54) is 6.21 Å². The summed E-state index contributed by atoms with van der Waals surface area (Å²) in [4.78, 5) is 16.9. The number of hydrazone groups is 1. The number of methoxy groups -OCH3 is 2. The van der Waals surface area contributed by atoms with Gasteiger partial charge in [0.2, 0.25) is 0 Å². The Morgan fingerprint density at radius 3 is 2.33 bits per heavy atom. The highest BCUT2D eigenvalue weighted by atomic mass is 16.5. The van der Waals surface area contributed by atoms with Crippen LogP contribution in [0.25, 0.3) is 11.3 Å². The second kappa shape index (κ2) is 10.1. The maximum absolute atomic E-state index is 12.4. The molecular formula is C23H23N3O4. The standard InChI is InChI=1S/C23H23N3O4/c1-4-30-18-10-8-17(9-11-18)21-6-5-7-22(25-21)23(27)26-24-15-16-12-19(28-2)14-20(13-16)29-3/h5-15H,4H2,1-3H3,(H,26,27)/b24-15+. The van der Waals surface area contributed by atoms with E-state index in [-0.39, 0.29) is 5.69 Å². The number of nitrogens with one attached hydrogen (secondary N) is 1. The van der Waals surface area contributed by atoms with Crippen LogP contribution in [0.15, 0.2) is 65.8 Å². The maximum atomic E-state index is 12.4. The molecule has 3 aromatic rings. The second-order valence-corrected chi connectivity index (χ2v) is 6.21. The van der Waals surface area contributed by atoms with Crippen molar-refractivity contribution in [2.24, 2.45) is 5.10 Å². The molecule has 7 nitrogen and oxygen atoms in total. The van der Waals surface area contributed by atoms with E-state index >= 15 is 0 Å². The minimum atomic E-state index is -0.408. The van der Waals surface area contributed by atoms with Crippen LogP contribution < -0.4 is 19.6 Å². The average molecular weight is 405 g/mol. The smallest absolute Gasteiger partial charge is 0.289 e. The molecule has 0 atom stereocenters. The van der Waals surface area contributed by atoms with Crippen molar-refractivity contribution >= 4 is 12.1 Å². The molecule has 30 heavy (non-hydrogen) atoms. The first-order chi connectivity index (χ1) is 14.6. The summed E-state index contributed by atoms with van der Waals surface area (Å²) in [5, 5.41) is 4.01. The van der Waals surface area contributed by atoms with Gasteiger partial charge in [0.1, 0.15) is 22.9 Å². The summed E-state index contributed by atoms with van der Waals surface area (Å²) >= 11 is 0. The summed E-state index contributed by atoms with van der Waals surface area (Å²) in [5.41, 5.74) is 5.06. The van der Waals surface area contributed by atoms with E-state index in [4.69, 9.17) is 14.2 Å². The topological polar surface area (TPSA) is 82.0 Å². The summed E-state index contributed by atoms with van der Waals surface area (Å²) in [7, 11) is 3.14. The summed E-state index contributed by atoms with van der Waals surface area (Å²) < 4.78 is 15.9. The van der Waals surface area contributed by atoms with Gasteiger partial charge < -0.3 is 14.2 Å². The molecule has 1 N–H and O–H groups in total. The van der Waals surface area contributed by atoms with Crippen LogP contribution in [0.3, 0.4) is 0 Å². The molecule has 1 aromatic heterocycles. The lowest BCUT2D eigenvalue weighted by Crippen LogP contribution is -2.19. The Morgan fingerprint density at radius 2 is 1.70 bits per heavy atom. The quantitative estimate of drug-likeness (QED) is 0.454. The zero-order valence-electron chi connectivity index (χ0n) is 17.1. The van der Waals surface area contributed by atoms with E-state index in [9.17, 15) is 4.79 Å². The Hall–Kier alpha value is -3.87. The Balaban J connectivity index is 1.70. The Morgan fingerprint density at radius 1 is 1.00 bits per heavy atom. The highest BCUT2D eigenvalue weighted by Gasteiger charge is 2.08. The number of hydrogen-bond donors (Lipinski definition) is 1. The monoisotopic (exact) mass is 405 g/mol. The number of carbonyl (C=O) groups is 1. The third kappa shape index (κ3) is 5.35. The second-order valence-electron chi connectivity index (χ2n) is 6.21. The van der Waals surface area contributed by atoms with Gasteiger partial charge in [0, 0.05) is 17.2 Å². The molecule has 1 amide bonds. The summed E-state index contributed by atoms with van der Waals surface area (Å²) in [6, 6.07) is 18.1. The van der Waals surface area contributed by atoms with Crippen molar-refractivity contribution in [3.63, 3.8) is 0 Å². The molecule has 0 aliphatic heterocycles. The summed E-state index contributed by atoms with van der Waals surface area (Å²) in [5.74, 6) is 1.64. The Kier molecular flexibility index (Phi) is 7.00. The zero-order valence-corrected chi connectivity index (χ0v) is 17.1. The molecule has 1 heterocycles. The van der Waals surface area contributed by atoms with Crippen LogP contribution in [0.5, 0.6) is 17.2 Å². The number of nitrogens with zero attached hydrogens (tertiary/aromatic N) is 2. The molecule has 0 unspecified atom stereocenters. The van der Waals surface area contributed by atoms with Gasteiger partial charge in [-0.3, -0.25) is 4.79 Å². The average Bonchev–Trinajstić information content (AvgIpc) is 2.79. The normalized spacial score (nSPS) is 10.6. The van der Waals surface area contributed by atoms with E-state index in [2.05, 4.69) is 15.5 Å². The first-order valence-corrected chi connectivity index (χ1v) is 9.39. The van der Waals surface area contributed by atoms with Crippen molar-refractivity contribution in [3.05, 3.63) is 71.9 Å². The van der Waals surface area contributed by atoms with Crippen LogP contribution >= 0.6 is 0 Å². The molecule has 0 spiro atoms. The highest BCUT2D eigenvalue weighted by molar-refractivity contribution is 5.93. The fourth-order valence-corrected chi connectivity index (χ4v) is 2.74. The molecular weight excluding hydrogens is 382 g/mol. The Labute approximate surface area is 175 Å². The van der Waals surface area contributed by atoms with Crippen molar-refractivity contribution in [1.29, 1.82) is 0 Å². The van der Waals surface area contributed by atoms with Gasteiger partial charge in [0.05, 0.1) is 32.7 Å². The van der Waals surface area contributed by atoms with E-state index in [1.54, 1.807) is 44.6 Å². The molecule has 0 aliphatic rings. The van der Waals surface area contributed by atoms with Crippen molar-refractivity contribution in [3.8, 4) is 28.5 Å². The predicted octanol–water partition coefficient (Wildman–Crippen LogP) is 3.93. The fourth-order valence-electron chi connectivity index (χ4n) is 2.74. The zero-order chi connectivity index (χ0) is 21.3. The molecule has 0 fully saturated rings. The minimum absolute atomic E-state index is 0.266. The van der Waals surface area contributed by atoms with E-state index < -0.39 is 5.91 Å². The number of pyridine rings is 1. The minimum Gasteiger partial charge on any atom is -0.497 e. The summed E-state index contributed by atoms with van der Waals surface area (Å²) in [6.45, 7) is 2.54. The first-order valence-electron chi connectivity index (χ1n) is 9.39. The van der Waals surface area contributed by atoms with Crippen molar-refractivity contribution in [2.45, 2.75) is 6.92 Å². The van der Waals surface area contributed by atoms with Crippen LogP contribution in [0.1, 0.15) is 23.0 Å². The highest BCUT2D eigenvalue weighted by Crippen LogP contribution is 2.22. The van der Waals surface area contributed by atoms with Gasteiger partial charge in [-0.2, -0.15) is 5.10 Å². The Bertz CT molecular complexity index is 1010. The van der Waals surface area contributed by atoms with Gasteiger partial charge in [-0.05, 0) is 55.5 Å². The number of hydrogen-bond acceptors (Lipinski definition) is 6. The van der Waals surface area contributed by atoms with Crippen LogP contribution in [0.2, 0.25) is 0 Å². The van der Waals surface area contributed by atoms with Gasteiger partial charge in [-0.15, -0.1) is 0 Å². The molecule has 0 bridgehead atoms. The number of aromatic nitrogens is 1. The van der Waals surface area contributed by atoms with E-state index in [0.717, 1.165) is 16.9 Å². The van der Waals surface area contributed by atoms with Gasteiger partial charge in [-0.25, -0.2) is 10.4 Å². The van der Waals surface area contributed by atoms with E-state index in [1.807, 2.05) is 37.3 Å². The molecule has 0 saturated carbocycles. The number of rotatable bonds is 8. The van der Waals surface area contributed by atoms with Gasteiger partial charge in [0.25, 0.3) is 5.91 Å². The van der Waals surface area contributed by atoms with Gasteiger partial charge in [-0.1, -0.05) is 6.07 Å². The molecule has 2 aromatic carbocycles. The molecule has 7 heteroatoms. The molecule has 3 rings (SSSR count). The third-order valence-corrected chi connectivity index (χ3v) is 4.20. The van der Waals surface area contributed by atoms with Gasteiger partial charge >= 0.3 is 0 Å². The maximum Gasteiger partial charge on any atom is 0.289 e. The third-order valence-electron chi connectivity index (χ3n) is 4.20. The van der Waals surface area contributed by atoms with Crippen LogP contribution in [-0.4, -0.2) is 37.9 Å². The number of ether oxygens (including phenoxy) is 3. The first kappa shape index (κ1) is 20.9. The lowest BCUT2D eigenvalue weighted by molar-refractivity contribution is 0.0950. The molecule has 154 valence electrons. The van der Waals surface area contributed by atoms with Gasteiger partial charge in [0.15, 0.2) is 0 Å². The molecule has 0 aliphatic carbocycles. The SMILES string of the molecule is CCOc1ccc(-c2cccc(C(=O)N/N=C/c3cc(OC)cc(OC)c3)n2)cc1. The van der Waals surface area contributed by atoms with Crippen molar-refractivity contribution < 1.29 is 19.0 Å². The fraction of sp³-hybridized carbons (Fsp3) is 0.174. The van der Waals surface area contributed by atoms with Crippen molar-refractivity contribution in [1.82, 2.24) is 10.4 Å². The number of carbonyl (C=O) groups excluding carboxylic acids is 1. The lowest BCUT2D eigenvalue weighted by atomic mass is 10.1. The van der Waals surface area contributed by atoms with E-state index in [0.29, 0.717) is 23.8 Å². The number of benzene rings is 2. The van der Waals surface area contributed by atoms with Crippen LogP contribution in [0.4, 0.5) is 0 Å². The van der Waals surface area contributed by atoms with Crippen molar-refractivity contribution in [2.75, 3.05) is 20.8 Å².